The number of hydrogen-bond donors (Lipinski definition) is 1. The fraction of sp³-hybridized carbons (Fsp3) is 0.316. The van der Waals surface area contributed by atoms with Crippen LogP contribution in [0.2, 0.25) is 10.0 Å². The molecule has 1 heterocycles. The minimum Gasteiger partial charge on any atom is -0.338 e. The van der Waals surface area contributed by atoms with Crippen LogP contribution in [0.15, 0.2) is 47.4 Å². The molecule has 2 N–H and O–H groups in total. The number of carbonyl (C=O) groups is 1. The van der Waals surface area contributed by atoms with Crippen molar-refractivity contribution in [2.45, 2.75) is 17.1 Å². The Labute approximate surface area is 174 Å². The standard InChI is InChI=1S/C19H20Cl2N2OS.ClH/c20-16-7-17(21)9-18(8-16)25-12-13-2-1-3-15(6-13)19(24)23-5-4-14(10-22)11-23;/h1-3,6-9,14H,4-5,10-12,22H2;1H. The van der Waals surface area contributed by atoms with E-state index < -0.39 is 0 Å². The summed E-state index contributed by atoms with van der Waals surface area (Å²) in [4.78, 5) is 15.6. The molecule has 0 saturated carbocycles. The fourth-order valence-electron chi connectivity index (χ4n) is 2.96. The SMILES string of the molecule is Cl.NCC1CCN(C(=O)c2cccc(CSc3cc(Cl)cc(Cl)c3)c2)C1. The summed E-state index contributed by atoms with van der Waals surface area (Å²) < 4.78 is 0. The zero-order chi connectivity index (χ0) is 17.8. The molecule has 1 aliphatic heterocycles. The molecule has 3 nitrogen and oxygen atoms in total. The third-order valence-corrected chi connectivity index (χ3v) is 5.81. The lowest BCUT2D eigenvalue weighted by molar-refractivity contribution is 0.0787. The van der Waals surface area contributed by atoms with Crippen molar-refractivity contribution in [1.29, 1.82) is 0 Å². The highest BCUT2D eigenvalue weighted by atomic mass is 35.5. The number of thioether (sulfide) groups is 1. The number of halogens is 3. The van der Waals surface area contributed by atoms with Gasteiger partial charge in [-0.25, -0.2) is 0 Å². The molecule has 1 amide bonds. The van der Waals surface area contributed by atoms with Crippen LogP contribution in [0.3, 0.4) is 0 Å². The highest BCUT2D eigenvalue weighted by Gasteiger charge is 2.25. The van der Waals surface area contributed by atoms with Gasteiger partial charge in [0.15, 0.2) is 0 Å². The smallest absolute Gasteiger partial charge is 0.253 e. The maximum Gasteiger partial charge on any atom is 0.253 e. The van der Waals surface area contributed by atoms with Crippen LogP contribution in [0.4, 0.5) is 0 Å². The Morgan fingerprint density at radius 1 is 1.19 bits per heavy atom. The van der Waals surface area contributed by atoms with E-state index >= 15 is 0 Å². The molecule has 140 valence electrons. The molecule has 1 unspecified atom stereocenters. The van der Waals surface area contributed by atoms with Crippen molar-refractivity contribution in [2.75, 3.05) is 19.6 Å². The molecule has 1 fully saturated rings. The van der Waals surface area contributed by atoms with Gasteiger partial charge in [-0.1, -0.05) is 35.3 Å². The van der Waals surface area contributed by atoms with Crippen LogP contribution in [-0.4, -0.2) is 30.4 Å². The van der Waals surface area contributed by atoms with E-state index in [2.05, 4.69) is 0 Å². The Balaban J connectivity index is 0.00000243. The Bertz CT molecular complexity index is 752. The number of hydrogen-bond acceptors (Lipinski definition) is 3. The van der Waals surface area contributed by atoms with E-state index in [-0.39, 0.29) is 18.3 Å². The molecule has 1 atom stereocenters. The van der Waals surface area contributed by atoms with E-state index in [4.69, 9.17) is 28.9 Å². The van der Waals surface area contributed by atoms with Crippen LogP contribution in [0.5, 0.6) is 0 Å². The molecule has 1 saturated heterocycles. The summed E-state index contributed by atoms with van der Waals surface area (Å²) in [7, 11) is 0. The maximum atomic E-state index is 12.7. The number of carbonyl (C=O) groups excluding carboxylic acids is 1. The van der Waals surface area contributed by atoms with Crippen molar-refractivity contribution >= 4 is 53.3 Å². The van der Waals surface area contributed by atoms with Crippen molar-refractivity contribution in [3.63, 3.8) is 0 Å². The summed E-state index contributed by atoms with van der Waals surface area (Å²) in [5, 5.41) is 1.25. The normalized spacial score (nSPS) is 16.4. The highest BCUT2D eigenvalue weighted by molar-refractivity contribution is 7.98. The van der Waals surface area contributed by atoms with Gasteiger partial charge in [0.2, 0.25) is 0 Å². The van der Waals surface area contributed by atoms with Crippen LogP contribution in [0.25, 0.3) is 0 Å². The van der Waals surface area contributed by atoms with Crippen molar-refractivity contribution < 1.29 is 4.79 Å². The first-order valence-electron chi connectivity index (χ1n) is 8.22. The number of rotatable bonds is 5. The lowest BCUT2D eigenvalue weighted by Gasteiger charge is -2.16. The molecule has 1 aliphatic rings. The average Bonchev–Trinajstić information content (AvgIpc) is 3.08. The number of amides is 1. The molecule has 7 heteroatoms. The summed E-state index contributed by atoms with van der Waals surface area (Å²) >= 11 is 13.7. The summed E-state index contributed by atoms with van der Waals surface area (Å²) in [6, 6.07) is 13.3. The quantitative estimate of drug-likeness (QED) is 0.668. The number of benzene rings is 2. The van der Waals surface area contributed by atoms with Gasteiger partial charge in [0.25, 0.3) is 5.91 Å². The highest BCUT2D eigenvalue weighted by Crippen LogP contribution is 2.29. The molecule has 0 aromatic heterocycles. The van der Waals surface area contributed by atoms with Crippen molar-refractivity contribution in [2.24, 2.45) is 11.7 Å². The summed E-state index contributed by atoms with van der Waals surface area (Å²) in [6.45, 7) is 2.19. The van der Waals surface area contributed by atoms with E-state index in [0.717, 1.165) is 41.3 Å². The van der Waals surface area contributed by atoms with Crippen LogP contribution < -0.4 is 5.73 Å². The molecule has 3 rings (SSSR count). The van der Waals surface area contributed by atoms with Crippen LogP contribution >= 0.6 is 47.4 Å². The molecule has 0 bridgehead atoms. The number of likely N-dealkylation sites (tertiary alicyclic amines) is 1. The third kappa shape index (κ3) is 5.54. The predicted octanol–water partition coefficient (Wildman–Crippen LogP) is 5.13. The van der Waals surface area contributed by atoms with Gasteiger partial charge in [0.05, 0.1) is 0 Å². The topological polar surface area (TPSA) is 46.3 Å². The van der Waals surface area contributed by atoms with Gasteiger partial charge in [-0.2, -0.15) is 0 Å². The van der Waals surface area contributed by atoms with Gasteiger partial charge >= 0.3 is 0 Å². The Hall–Kier alpha value is -0.910. The second kappa shape index (κ2) is 9.86. The molecule has 26 heavy (non-hydrogen) atoms. The molecule has 2 aromatic carbocycles. The molecular formula is C19H21Cl3N2OS. The van der Waals surface area contributed by atoms with Gasteiger partial charge in [-0.15, -0.1) is 24.2 Å². The largest absolute Gasteiger partial charge is 0.338 e. The minimum absolute atomic E-state index is 0. The summed E-state index contributed by atoms with van der Waals surface area (Å²) in [6.07, 6.45) is 0.993. The van der Waals surface area contributed by atoms with Crippen molar-refractivity contribution in [1.82, 2.24) is 4.90 Å². The lowest BCUT2D eigenvalue weighted by atomic mass is 10.1. The molecule has 0 aliphatic carbocycles. The summed E-state index contributed by atoms with van der Waals surface area (Å²) in [5.41, 5.74) is 7.55. The maximum absolute atomic E-state index is 12.7. The zero-order valence-corrected chi connectivity index (χ0v) is 17.3. The predicted molar refractivity (Wildman–Crippen MR) is 113 cm³/mol. The van der Waals surface area contributed by atoms with Gasteiger partial charge < -0.3 is 10.6 Å². The molecular weight excluding hydrogens is 411 g/mol. The third-order valence-electron chi connectivity index (χ3n) is 4.32. The minimum atomic E-state index is 0. The van der Waals surface area contributed by atoms with Crippen LogP contribution in [0, 0.1) is 5.92 Å². The van der Waals surface area contributed by atoms with Crippen LogP contribution in [-0.2, 0) is 5.75 Å². The van der Waals surface area contributed by atoms with Gasteiger partial charge in [0, 0.05) is 39.3 Å². The Morgan fingerprint density at radius 3 is 2.58 bits per heavy atom. The number of nitrogens with two attached hydrogens (primary N) is 1. The first-order chi connectivity index (χ1) is 12.0. The second-order valence-electron chi connectivity index (χ2n) is 6.24. The van der Waals surface area contributed by atoms with Crippen molar-refractivity contribution in [3.05, 3.63) is 63.6 Å². The lowest BCUT2D eigenvalue weighted by Crippen LogP contribution is -2.29. The summed E-state index contributed by atoms with van der Waals surface area (Å²) in [5.74, 6) is 1.27. The van der Waals surface area contributed by atoms with E-state index in [0.29, 0.717) is 22.5 Å². The Kier molecular flexibility index (Phi) is 8.11. The van der Waals surface area contributed by atoms with Crippen molar-refractivity contribution in [3.8, 4) is 0 Å². The Morgan fingerprint density at radius 2 is 1.92 bits per heavy atom. The fourth-order valence-corrected chi connectivity index (χ4v) is 4.55. The van der Waals surface area contributed by atoms with Crippen LogP contribution in [0.1, 0.15) is 22.3 Å². The van der Waals surface area contributed by atoms with E-state index in [1.165, 1.54) is 0 Å². The molecule has 0 radical (unpaired) electrons. The first-order valence-corrected chi connectivity index (χ1v) is 9.96. The number of nitrogens with zero attached hydrogens (tertiary/aromatic N) is 1. The second-order valence-corrected chi connectivity index (χ2v) is 8.16. The molecule has 2 aromatic rings. The average molecular weight is 432 g/mol. The first kappa shape index (κ1) is 21.4. The van der Waals surface area contributed by atoms with Gasteiger partial charge in [-0.3, -0.25) is 4.79 Å². The zero-order valence-electron chi connectivity index (χ0n) is 14.2. The van der Waals surface area contributed by atoms with Gasteiger partial charge in [0.1, 0.15) is 0 Å². The van der Waals surface area contributed by atoms with E-state index in [1.807, 2.05) is 41.3 Å². The molecule has 0 spiro atoms. The van der Waals surface area contributed by atoms with Gasteiger partial charge in [-0.05, 0) is 54.8 Å². The van der Waals surface area contributed by atoms with E-state index in [9.17, 15) is 4.79 Å². The van der Waals surface area contributed by atoms with E-state index in [1.54, 1.807) is 17.8 Å². The monoisotopic (exact) mass is 430 g/mol.